The van der Waals surface area contributed by atoms with E-state index in [1.165, 1.54) is 18.9 Å². The van der Waals surface area contributed by atoms with Crippen molar-refractivity contribution >= 4 is 57.4 Å². The quantitative estimate of drug-likeness (QED) is 0.828. The first-order valence-corrected chi connectivity index (χ1v) is 7.31. The lowest BCUT2D eigenvalue weighted by molar-refractivity contribution is -0.122. The molecule has 1 fully saturated rings. The Labute approximate surface area is 130 Å². The predicted octanol–water partition coefficient (Wildman–Crippen LogP) is 2.19. The lowest BCUT2D eigenvalue weighted by atomic mass is 10.2. The smallest absolute Gasteiger partial charge is 0.239 e. The standard InChI is InChI=1S/C12H11ClN2O3S2/c1-18-8-3-2-6(4-7(8)13)14-10(16)5-9-11(17)15-12(19)20-9/h2-4,9H,5H2,1H3,(H,14,16)(H,15,17,19)/t9-/m1/s1. The molecular weight excluding hydrogens is 320 g/mol. The molecule has 0 spiro atoms. The Balaban J connectivity index is 1.96. The minimum atomic E-state index is -0.476. The number of carbonyl (C=O) groups excluding carboxylic acids is 2. The van der Waals surface area contributed by atoms with Gasteiger partial charge in [0, 0.05) is 12.1 Å². The predicted molar refractivity (Wildman–Crippen MR) is 83.4 cm³/mol. The van der Waals surface area contributed by atoms with Gasteiger partial charge >= 0.3 is 0 Å². The van der Waals surface area contributed by atoms with Crippen molar-refractivity contribution in [2.24, 2.45) is 0 Å². The Morgan fingerprint density at radius 3 is 2.90 bits per heavy atom. The monoisotopic (exact) mass is 330 g/mol. The summed E-state index contributed by atoms with van der Waals surface area (Å²) < 4.78 is 5.43. The van der Waals surface area contributed by atoms with Crippen molar-refractivity contribution in [3.05, 3.63) is 23.2 Å². The summed E-state index contributed by atoms with van der Waals surface area (Å²) >= 11 is 12.0. The van der Waals surface area contributed by atoms with E-state index in [1.54, 1.807) is 18.2 Å². The Kier molecular flexibility index (Phi) is 4.85. The fourth-order valence-electron chi connectivity index (χ4n) is 1.65. The van der Waals surface area contributed by atoms with Crippen molar-refractivity contribution in [1.29, 1.82) is 0 Å². The molecule has 1 atom stereocenters. The van der Waals surface area contributed by atoms with Gasteiger partial charge in [-0.2, -0.15) is 0 Å². The summed E-state index contributed by atoms with van der Waals surface area (Å²) in [6.07, 6.45) is 0.0558. The molecule has 8 heteroatoms. The van der Waals surface area contributed by atoms with Gasteiger partial charge in [0.25, 0.3) is 0 Å². The van der Waals surface area contributed by atoms with Crippen molar-refractivity contribution in [2.75, 3.05) is 12.4 Å². The SMILES string of the molecule is COc1ccc(NC(=O)C[C@H]2SC(=S)NC2=O)cc1Cl. The van der Waals surface area contributed by atoms with Gasteiger partial charge in [0.15, 0.2) is 0 Å². The van der Waals surface area contributed by atoms with E-state index < -0.39 is 5.25 Å². The topological polar surface area (TPSA) is 67.4 Å². The number of hydrogen-bond acceptors (Lipinski definition) is 5. The van der Waals surface area contributed by atoms with Crippen LogP contribution in [-0.4, -0.2) is 28.5 Å². The van der Waals surface area contributed by atoms with Gasteiger partial charge in [0.1, 0.15) is 10.1 Å². The van der Waals surface area contributed by atoms with Crippen LogP contribution < -0.4 is 15.4 Å². The third-order valence-corrected chi connectivity index (χ3v) is 4.24. The minimum absolute atomic E-state index is 0.0558. The molecule has 2 N–H and O–H groups in total. The molecule has 0 saturated carbocycles. The molecular formula is C12H11ClN2O3S2. The molecule has 1 aliphatic rings. The van der Waals surface area contributed by atoms with Crippen LogP contribution in [0, 0.1) is 0 Å². The molecule has 1 aromatic carbocycles. The molecule has 1 saturated heterocycles. The molecule has 1 aliphatic heterocycles. The molecule has 106 valence electrons. The van der Waals surface area contributed by atoms with Gasteiger partial charge in [-0.15, -0.1) is 0 Å². The number of carbonyl (C=O) groups is 2. The molecule has 1 aromatic rings. The van der Waals surface area contributed by atoms with Gasteiger partial charge in [-0.25, -0.2) is 0 Å². The van der Waals surface area contributed by atoms with Gasteiger partial charge in [0.05, 0.1) is 17.4 Å². The summed E-state index contributed by atoms with van der Waals surface area (Å²) in [5, 5.41) is 5.11. The summed E-state index contributed by atoms with van der Waals surface area (Å²) in [7, 11) is 1.51. The van der Waals surface area contributed by atoms with Gasteiger partial charge < -0.3 is 15.4 Å². The normalized spacial score (nSPS) is 17.8. The Morgan fingerprint density at radius 2 is 2.35 bits per heavy atom. The van der Waals surface area contributed by atoms with E-state index in [1.807, 2.05) is 0 Å². The fraction of sp³-hybridized carbons (Fsp3) is 0.250. The third-order valence-electron chi connectivity index (χ3n) is 2.57. The number of halogens is 1. The maximum atomic E-state index is 11.9. The second-order valence-corrected chi connectivity index (χ2v) is 6.27. The first-order valence-electron chi connectivity index (χ1n) is 5.64. The number of ether oxygens (including phenoxy) is 1. The average molecular weight is 331 g/mol. The van der Waals surface area contributed by atoms with E-state index in [-0.39, 0.29) is 18.2 Å². The van der Waals surface area contributed by atoms with Crippen LogP contribution in [0.15, 0.2) is 18.2 Å². The van der Waals surface area contributed by atoms with E-state index in [0.29, 0.717) is 20.8 Å². The molecule has 20 heavy (non-hydrogen) atoms. The maximum Gasteiger partial charge on any atom is 0.239 e. The molecule has 0 bridgehead atoms. The molecule has 0 radical (unpaired) electrons. The number of rotatable bonds is 4. The van der Waals surface area contributed by atoms with Crippen molar-refractivity contribution in [1.82, 2.24) is 5.32 Å². The Bertz CT molecular complexity index is 580. The molecule has 5 nitrogen and oxygen atoms in total. The van der Waals surface area contributed by atoms with Crippen molar-refractivity contribution < 1.29 is 14.3 Å². The van der Waals surface area contributed by atoms with Crippen LogP contribution >= 0.6 is 35.6 Å². The summed E-state index contributed by atoms with van der Waals surface area (Å²) in [5.74, 6) is 0.0206. The van der Waals surface area contributed by atoms with E-state index in [9.17, 15) is 9.59 Å². The first kappa shape index (κ1) is 15.1. The van der Waals surface area contributed by atoms with Gasteiger partial charge in [-0.3, -0.25) is 9.59 Å². The van der Waals surface area contributed by atoms with Crippen LogP contribution in [0.25, 0.3) is 0 Å². The molecule has 2 rings (SSSR count). The highest BCUT2D eigenvalue weighted by molar-refractivity contribution is 8.24. The summed E-state index contributed by atoms with van der Waals surface area (Å²) in [6, 6.07) is 4.92. The van der Waals surface area contributed by atoms with Crippen LogP contribution in [0.2, 0.25) is 5.02 Å². The highest BCUT2D eigenvalue weighted by Gasteiger charge is 2.30. The maximum absolute atomic E-state index is 11.9. The molecule has 0 aliphatic carbocycles. The molecule has 2 amide bonds. The van der Waals surface area contributed by atoms with Crippen molar-refractivity contribution in [2.45, 2.75) is 11.7 Å². The fourth-order valence-corrected chi connectivity index (χ4v) is 3.18. The average Bonchev–Trinajstić information content (AvgIpc) is 2.68. The summed E-state index contributed by atoms with van der Waals surface area (Å²) in [6.45, 7) is 0. The number of nitrogens with one attached hydrogen (secondary N) is 2. The second kappa shape index (κ2) is 6.43. The van der Waals surface area contributed by atoms with Crippen LogP contribution in [0.3, 0.4) is 0 Å². The van der Waals surface area contributed by atoms with Gasteiger partial charge in [-0.1, -0.05) is 35.6 Å². The minimum Gasteiger partial charge on any atom is -0.495 e. The first-order chi connectivity index (χ1) is 9.49. The number of amides is 2. The Morgan fingerprint density at radius 1 is 1.60 bits per heavy atom. The number of methoxy groups -OCH3 is 1. The number of hydrogen-bond donors (Lipinski definition) is 2. The lowest BCUT2D eigenvalue weighted by Crippen LogP contribution is -2.27. The summed E-state index contributed by atoms with van der Waals surface area (Å²) in [5.41, 5.74) is 0.548. The number of thiocarbonyl (C=S) groups is 1. The molecule has 1 heterocycles. The number of anilines is 1. The van der Waals surface area contributed by atoms with Crippen molar-refractivity contribution in [3.63, 3.8) is 0 Å². The lowest BCUT2D eigenvalue weighted by Gasteiger charge is -2.09. The van der Waals surface area contributed by atoms with Crippen LogP contribution in [0.4, 0.5) is 5.69 Å². The highest BCUT2D eigenvalue weighted by Crippen LogP contribution is 2.28. The van der Waals surface area contributed by atoms with Crippen molar-refractivity contribution in [3.8, 4) is 5.75 Å². The number of thioether (sulfide) groups is 1. The zero-order valence-corrected chi connectivity index (χ0v) is 12.8. The van der Waals surface area contributed by atoms with E-state index >= 15 is 0 Å². The third kappa shape index (κ3) is 3.62. The summed E-state index contributed by atoms with van der Waals surface area (Å²) in [4.78, 5) is 23.3. The van der Waals surface area contributed by atoms with E-state index in [4.69, 9.17) is 28.6 Å². The van der Waals surface area contributed by atoms with Gasteiger partial charge in [0.2, 0.25) is 11.8 Å². The second-order valence-electron chi connectivity index (χ2n) is 3.98. The zero-order chi connectivity index (χ0) is 14.7. The molecule has 0 unspecified atom stereocenters. The Hall–Kier alpha value is -1.31. The van der Waals surface area contributed by atoms with E-state index in [2.05, 4.69) is 10.6 Å². The highest BCUT2D eigenvalue weighted by atomic mass is 35.5. The zero-order valence-electron chi connectivity index (χ0n) is 10.4. The van der Waals surface area contributed by atoms with Crippen LogP contribution in [0.5, 0.6) is 5.75 Å². The van der Waals surface area contributed by atoms with Gasteiger partial charge in [-0.05, 0) is 18.2 Å². The van der Waals surface area contributed by atoms with E-state index in [0.717, 1.165) is 0 Å². The van der Waals surface area contributed by atoms with Crippen LogP contribution in [0.1, 0.15) is 6.42 Å². The largest absolute Gasteiger partial charge is 0.495 e. The van der Waals surface area contributed by atoms with Crippen LogP contribution in [-0.2, 0) is 9.59 Å². The number of benzene rings is 1. The molecule has 0 aromatic heterocycles.